The number of hydrogen-bond donors (Lipinski definition) is 1. The van der Waals surface area contributed by atoms with E-state index in [0.29, 0.717) is 27.5 Å². The molecule has 5 nitrogen and oxygen atoms in total. The molecule has 1 aromatic heterocycles. The van der Waals surface area contributed by atoms with Gasteiger partial charge in [-0.2, -0.15) is 0 Å². The molecular formula is C13H12ClN3O2. The summed E-state index contributed by atoms with van der Waals surface area (Å²) in [5.74, 6) is 0.713. The van der Waals surface area contributed by atoms with Crippen LogP contribution in [0.25, 0.3) is 10.9 Å². The van der Waals surface area contributed by atoms with Crippen LogP contribution in [0.3, 0.4) is 0 Å². The fourth-order valence-electron chi connectivity index (χ4n) is 1.90. The van der Waals surface area contributed by atoms with Crippen molar-refractivity contribution in [2.75, 3.05) is 12.4 Å². The Morgan fingerprint density at radius 1 is 1.42 bits per heavy atom. The van der Waals surface area contributed by atoms with E-state index in [-0.39, 0.29) is 11.8 Å². The van der Waals surface area contributed by atoms with Crippen molar-refractivity contribution in [3.8, 4) is 5.75 Å². The molecule has 1 aliphatic carbocycles. The van der Waals surface area contributed by atoms with Crippen molar-refractivity contribution in [3.05, 3.63) is 23.6 Å². The number of halogens is 1. The van der Waals surface area contributed by atoms with E-state index >= 15 is 0 Å². The lowest BCUT2D eigenvalue weighted by Crippen LogP contribution is -2.14. The van der Waals surface area contributed by atoms with Gasteiger partial charge in [-0.1, -0.05) is 11.6 Å². The topological polar surface area (TPSA) is 64.1 Å². The molecule has 3 rings (SSSR count). The molecule has 0 radical (unpaired) electrons. The predicted molar refractivity (Wildman–Crippen MR) is 72.5 cm³/mol. The van der Waals surface area contributed by atoms with Crippen LogP contribution in [0.15, 0.2) is 18.5 Å². The van der Waals surface area contributed by atoms with E-state index in [0.717, 1.165) is 12.8 Å². The zero-order chi connectivity index (χ0) is 13.4. The maximum atomic E-state index is 11.8. The summed E-state index contributed by atoms with van der Waals surface area (Å²) in [4.78, 5) is 19.9. The minimum Gasteiger partial charge on any atom is -0.494 e. The van der Waals surface area contributed by atoms with Crippen LogP contribution in [0.5, 0.6) is 5.75 Å². The highest BCUT2D eigenvalue weighted by Gasteiger charge is 2.30. The van der Waals surface area contributed by atoms with E-state index in [1.54, 1.807) is 19.2 Å². The van der Waals surface area contributed by atoms with Gasteiger partial charge in [-0.15, -0.1) is 0 Å². The number of ether oxygens (including phenoxy) is 1. The van der Waals surface area contributed by atoms with Crippen LogP contribution in [-0.4, -0.2) is 23.0 Å². The number of carbonyl (C=O) groups is 1. The zero-order valence-corrected chi connectivity index (χ0v) is 11.1. The van der Waals surface area contributed by atoms with Gasteiger partial charge >= 0.3 is 0 Å². The molecule has 1 saturated carbocycles. The predicted octanol–water partition coefficient (Wildman–Crippen LogP) is 2.64. The minimum absolute atomic E-state index is 0.0191. The number of nitrogens with zero attached hydrogens (tertiary/aromatic N) is 2. The van der Waals surface area contributed by atoms with Gasteiger partial charge in [-0.05, 0) is 18.9 Å². The fraction of sp³-hybridized carbons (Fsp3) is 0.308. The molecule has 0 saturated heterocycles. The molecule has 6 heteroatoms. The molecule has 0 bridgehead atoms. The molecule has 1 heterocycles. The summed E-state index contributed by atoms with van der Waals surface area (Å²) in [6.45, 7) is 0. The van der Waals surface area contributed by atoms with Crippen LogP contribution in [-0.2, 0) is 4.79 Å². The standard InChI is InChI=1S/C13H12ClN3O2/c1-19-11-5-9-8(12(14)16-6-15-9)4-10(11)17-13(18)7-2-3-7/h4-7H,2-3H2,1H3,(H,17,18). The SMILES string of the molecule is COc1cc2ncnc(Cl)c2cc1NC(=O)C1CC1. The lowest BCUT2D eigenvalue weighted by molar-refractivity contribution is -0.117. The van der Waals surface area contributed by atoms with Crippen LogP contribution in [0.1, 0.15) is 12.8 Å². The number of hydrogen-bond acceptors (Lipinski definition) is 4. The summed E-state index contributed by atoms with van der Waals surface area (Å²) in [5.41, 5.74) is 1.28. The minimum atomic E-state index is 0.0191. The summed E-state index contributed by atoms with van der Waals surface area (Å²) in [6, 6.07) is 3.49. The molecule has 1 amide bonds. The maximum absolute atomic E-state index is 11.8. The normalized spacial score (nSPS) is 14.4. The van der Waals surface area contributed by atoms with Crippen LogP contribution in [0.2, 0.25) is 5.15 Å². The molecule has 0 spiro atoms. The molecular weight excluding hydrogens is 266 g/mol. The number of amides is 1. The highest BCUT2D eigenvalue weighted by molar-refractivity contribution is 6.34. The molecule has 98 valence electrons. The van der Waals surface area contributed by atoms with E-state index in [9.17, 15) is 4.79 Å². The van der Waals surface area contributed by atoms with Gasteiger partial charge in [0.1, 0.15) is 17.2 Å². The second-order valence-corrected chi connectivity index (χ2v) is 4.86. The van der Waals surface area contributed by atoms with Gasteiger partial charge < -0.3 is 10.1 Å². The second kappa shape index (κ2) is 4.66. The van der Waals surface area contributed by atoms with Gasteiger partial charge in [-0.25, -0.2) is 9.97 Å². The third-order valence-corrected chi connectivity index (χ3v) is 3.42. The molecule has 2 aromatic rings. The van der Waals surface area contributed by atoms with E-state index in [2.05, 4.69) is 15.3 Å². The summed E-state index contributed by atoms with van der Waals surface area (Å²) < 4.78 is 5.28. The molecule has 0 unspecified atom stereocenters. The van der Waals surface area contributed by atoms with Gasteiger partial charge in [0, 0.05) is 17.4 Å². The number of nitrogens with one attached hydrogen (secondary N) is 1. The van der Waals surface area contributed by atoms with Crippen molar-refractivity contribution in [1.29, 1.82) is 0 Å². The molecule has 0 aliphatic heterocycles. The molecule has 1 N–H and O–H groups in total. The number of carbonyl (C=O) groups excluding carboxylic acids is 1. The average molecular weight is 278 g/mol. The van der Waals surface area contributed by atoms with Crippen molar-refractivity contribution in [2.45, 2.75) is 12.8 Å². The lowest BCUT2D eigenvalue weighted by atomic mass is 10.2. The molecule has 19 heavy (non-hydrogen) atoms. The Balaban J connectivity index is 2.05. The van der Waals surface area contributed by atoms with Gasteiger partial charge in [0.2, 0.25) is 5.91 Å². The van der Waals surface area contributed by atoms with E-state index in [1.807, 2.05) is 0 Å². The van der Waals surface area contributed by atoms with Gasteiger partial charge in [0.15, 0.2) is 0 Å². The number of benzene rings is 1. The van der Waals surface area contributed by atoms with Gasteiger partial charge in [-0.3, -0.25) is 4.79 Å². The van der Waals surface area contributed by atoms with Crippen LogP contribution in [0, 0.1) is 5.92 Å². The van der Waals surface area contributed by atoms with Crippen LogP contribution < -0.4 is 10.1 Å². The van der Waals surface area contributed by atoms with Crippen LogP contribution in [0.4, 0.5) is 5.69 Å². The van der Waals surface area contributed by atoms with Crippen molar-refractivity contribution in [3.63, 3.8) is 0 Å². The average Bonchev–Trinajstić information content (AvgIpc) is 3.23. The Kier molecular flexibility index (Phi) is 2.98. The molecule has 1 fully saturated rings. The summed E-state index contributed by atoms with van der Waals surface area (Å²) >= 11 is 6.03. The molecule has 1 aliphatic rings. The zero-order valence-electron chi connectivity index (χ0n) is 10.3. The lowest BCUT2D eigenvalue weighted by Gasteiger charge is -2.11. The largest absolute Gasteiger partial charge is 0.494 e. The third kappa shape index (κ3) is 2.33. The van der Waals surface area contributed by atoms with Crippen molar-refractivity contribution < 1.29 is 9.53 Å². The molecule has 0 atom stereocenters. The van der Waals surface area contributed by atoms with Crippen LogP contribution >= 0.6 is 11.6 Å². The number of anilines is 1. The van der Waals surface area contributed by atoms with Gasteiger partial charge in [0.05, 0.1) is 18.3 Å². The van der Waals surface area contributed by atoms with E-state index < -0.39 is 0 Å². The first kappa shape index (κ1) is 12.2. The number of methoxy groups -OCH3 is 1. The summed E-state index contributed by atoms with van der Waals surface area (Å²) in [6.07, 6.45) is 3.30. The van der Waals surface area contributed by atoms with Gasteiger partial charge in [0.25, 0.3) is 0 Å². The Morgan fingerprint density at radius 2 is 2.21 bits per heavy atom. The quantitative estimate of drug-likeness (QED) is 0.876. The number of aromatic nitrogens is 2. The first-order valence-corrected chi connectivity index (χ1v) is 6.36. The fourth-order valence-corrected chi connectivity index (χ4v) is 2.09. The van der Waals surface area contributed by atoms with Crippen molar-refractivity contribution >= 4 is 34.1 Å². The van der Waals surface area contributed by atoms with Crippen molar-refractivity contribution in [1.82, 2.24) is 9.97 Å². The highest BCUT2D eigenvalue weighted by atomic mass is 35.5. The van der Waals surface area contributed by atoms with Crippen molar-refractivity contribution in [2.24, 2.45) is 5.92 Å². The first-order valence-electron chi connectivity index (χ1n) is 5.98. The highest BCUT2D eigenvalue weighted by Crippen LogP contribution is 2.35. The monoisotopic (exact) mass is 277 g/mol. The summed E-state index contributed by atoms with van der Waals surface area (Å²) in [5, 5.41) is 3.91. The third-order valence-electron chi connectivity index (χ3n) is 3.11. The Bertz CT molecular complexity index is 656. The molecule has 1 aromatic carbocycles. The van der Waals surface area contributed by atoms with E-state index in [4.69, 9.17) is 16.3 Å². The van der Waals surface area contributed by atoms with E-state index in [1.165, 1.54) is 6.33 Å². The Morgan fingerprint density at radius 3 is 2.89 bits per heavy atom. The maximum Gasteiger partial charge on any atom is 0.227 e. The number of fused-ring (bicyclic) bond motifs is 1. The Hall–Kier alpha value is -1.88. The Labute approximate surface area is 114 Å². The second-order valence-electron chi connectivity index (χ2n) is 4.50. The summed E-state index contributed by atoms with van der Waals surface area (Å²) in [7, 11) is 1.55. The smallest absolute Gasteiger partial charge is 0.227 e. The first-order chi connectivity index (χ1) is 9.19. The number of rotatable bonds is 3.